The zero-order valence-corrected chi connectivity index (χ0v) is 15.4. The highest BCUT2D eigenvalue weighted by molar-refractivity contribution is 7.86. The summed E-state index contributed by atoms with van der Waals surface area (Å²) in [6.07, 6.45) is 3.85. The number of hydrogen-bond acceptors (Lipinski definition) is 7. The van der Waals surface area contributed by atoms with E-state index in [2.05, 4.69) is 5.32 Å². The number of amides is 1. The molecule has 0 aliphatic heterocycles. The van der Waals surface area contributed by atoms with Crippen LogP contribution in [0.25, 0.3) is 0 Å². The van der Waals surface area contributed by atoms with Crippen LogP contribution in [0.1, 0.15) is 38.5 Å². The number of aliphatic carboxylic acids is 1. The van der Waals surface area contributed by atoms with Crippen LogP contribution in [0.4, 0.5) is 13.2 Å². The molecule has 0 aromatic rings. The highest BCUT2D eigenvalue weighted by Crippen LogP contribution is 2.20. The third-order valence-corrected chi connectivity index (χ3v) is 3.75. The molecule has 0 aliphatic rings. The van der Waals surface area contributed by atoms with E-state index in [0.29, 0.717) is 32.4 Å². The van der Waals surface area contributed by atoms with E-state index in [1.165, 1.54) is 0 Å². The Morgan fingerprint density at radius 1 is 1.00 bits per heavy atom. The van der Waals surface area contributed by atoms with E-state index in [0.717, 1.165) is 19.3 Å². The quantitative estimate of drug-likeness (QED) is 0.144. The lowest BCUT2D eigenvalue weighted by Gasteiger charge is -2.17. The van der Waals surface area contributed by atoms with Crippen LogP contribution in [0.5, 0.6) is 0 Å². The predicted molar refractivity (Wildman–Crippen MR) is 91.0 cm³/mol. The zero-order valence-electron chi connectivity index (χ0n) is 14.6. The van der Waals surface area contributed by atoms with Crippen LogP contribution in [0.2, 0.25) is 0 Å². The van der Waals surface area contributed by atoms with Crippen LogP contribution in [0.15, 0.2) is 0 Å². The molecule has 0 aromatic heterocycles. The molecule has 1 amide bonds. The fourth-order valence-electron chi connectivity index (χ4n) is 1.67. The molecule has 0 radical (unpaired) electrons. The molecule has 10 nitrogen and oxygen atoms in total. The summed E-state index contributed by atoms with van der Waals surface area (Å²) in [7, 11) is -5.84. The molecule has 0 saturated carbocycles. The van der Waals surface area contributed by atoms with E-state index in [9.17, 15) is 22.8 Å². The van der Waals surface area contributed by atoms with Gasteiger partial charge in [-0.25, -0.2) is 4.79 Å². The summed E-state index contributed by atoms with van der Waals surface area (Å²) in [5.41, 5.74) is 10.9. The smallest absolute Gasteiger partial charge is 0.480 e. The SMILES string of the molecule is NCCCC[C@H](NC(=O)[C@@H](N)CCCCN)C(=O)O.O=S(=O)(O)C(F)(F)F. The number of hydrogen-bond donors (Lipinski definition) is 6. The Labute approximate surface area is 155 Å². The molecule has 162 valence electrons. The Balaban J connectivity index is 0. The Bertz CT molecular complexity index is 545. The monoisotopic (exact) mass is 424 g/mol. The number of nitrogens with two attached hydrogens (primary N) is 3. The minimum atomic E-state index is -5.84. The molecular formula is C13H27F3N4O6S. The molecule has 0 rings (SSSR count). The summed E-state index contributed by atoms with van der Waals surface area (Å²) < 4.78 is 57.5. The second-order valence-electron chi connectivity index (χ2n) is 5.50. The van der Waals surface area contributed by atoms with Crippen LogP contribution < -0.4 is 22.5 Å². The fourth-order valence-corrected chi connectivity index (χ4v) is 1.67. The zero-order chi connectivity index (χ0) is 21.7. The molecule has 0 aromatic carbocycles. The largest absolute Gasteiger partial charge is 0.522 e. The lowest BCUT2D eigenvalue weighted by Crippen LogP contribution is -2.48. The number of carboxylic acid groups (broad SMARTS) is 1. The maximum atomic E-state index is 11.7. The third-order valence-electron chi connectivity index (χ3n) is 3.16. The summed E-state index contributed by atoms with van der Waals surface area (Å²) in [5, 5.41) is 11.5. The van der Waals surface area contributed by atoms with Gasteiger partial charge in [0.25, 0.3) is 0 Å². The van der Waals surface area contributed by atoms with Crippen molar-refractivity contribution in [3.63, 3.8) is 0 Å². The van der Waals surface area contributed by atoms with Crippen molar-refractivity contribution in [2.45, 2.75) is 56.1 Å². The van der Waals surface area contributed by atoms with E-state index in [1.807, 2.05) is 0 Å². The van der Waals surface area contributed by atoms with Crippen molar-refractivity contribution < 1.29 is 40.8 Å². The first kappa shape index (κ1) is 27.7. The van der Waals surface area contributed by atoms with Gasteiger partial charge in [-0.3, -0.25) is 9.35 Å². The van der Waals surface area contributed by atoms with Crippen molar-refractivity contribution in [1.82, 2.24) is 5.32 Å². The summed E-state index contributed by atoms with van der Waals surface area (Å²) in [4.78, 5) is 22.7. The van der Waals surface area contributed by atoms with Crippen LogP contribution in [-0.4, -0.2) is 60.6 Å². The van der Waals surface area contributed by atoms with Gasteiger partial charge in [0, 0.05) is 0 Å². The van der Waals surface area contributed by atoms with Gasteiger partial charge >= 0.3 is 21.6 Å². The van der Waals surface area contributed by atoms with Crippen molar-refractivity contribution in [3.05, 3.63) is 0 Å². The number of carbonyl (C=O) groups is 2. The predicted octanol–water partition coefficient (Wildman–Crippen LogP) is -0.465. The van der Waals surface area contributed by atoms with E-state index in [-0.39, 0.29) is 0 Å². The highest BCUT2D eigenvalue weighted by Gasteiger charge is 2.44. The van der Waals surface area contributed by atoms with Gasteiger partial charge in [-0.15, -0.1) is 0 Å². The van der Waals surface area contributed by atoms with Gasteiger partial charge in [0.1, 0.15) is 6.04 Å². The Hall–Kier alpha value is -1.48. The fraction of sp³-hybridized carbons (Fsp3) is 0.846. The second kappa shape index (κ2) is 13.7. The first-order valence-corrected chi connectivity index (χ1v) is 9.44. The molecule has 0 spiro atoms. The van der Waals surface area contributed by atoms with Crippen molar-refractivity contribution in [2.75, 3.05) is 13.1 Å². The number of nitrogens with one attached hydrogen (secondary N) is 1. The van der Waals surface area contributed by atoms with Crippen LogP contribution in [-0.2, 0) is 19.7 Å². The number of unbranched alkanes of at least 4 members (excludes halogenated alkanes) is 2. The molecule has 0 unspecified atom stereocenters. The Morgan fingerprint density at radius 2 is 1.41 bits per heavy atom. The highest BCUT2D eigenvalue weighted by atomic mass is 32.2. The lowest BCUT2D eigenvalue weighted by atomic mass is 10.1. The molecule has 0 aliphatic carbocycles. The van der Waals surface area contributed by atoms with Gasteiger partial charge in [-0.2, -0.15) is 21.6 Å². The molecule has 0 bridgehead atoms. The van der Waals surface area contributed by atoms with Crippen molar-refractivity contribution >= 4 is 22.0 Å². The summed E-state index contributed by atoms with van der Waals surface area (Å²) in [6, 6.07) is -1.57. The third kappa shape index (κ3) is 14.3. The number of carboxylic acids is 1. The standard InChI is InChI=1S/C12H26N4O3.CHF3O3S/c13-7-3-1-5-9(15)11(17)16-10(12(18)19)6-2-4-8-14;2-1(3,4)8(5,6)7/h9-10H,1-8,13-15H2,(H,16,17)(H,18,19);(H,5,6,7)/t9-,10-;/m0./s1. The topological polar surface area (TPSA) is 199 Å². The number of halogens is 3. The van der Waals surface area contributed by atoms with E-state index in [1.54, 1.807) is 0 Å². The molecule has 27 heavy (non-hydrogen) atoms. The van der Waals surface area contributed by atoms with Gasteiger partial charge in [-0.05, 0) is 45.2 Å². The summed E-state index contributed by atoms with van der Waals surface area (Å²) >= 11 is 0. The van der Waals surface area contributed by atoms with Gasteiger partial charge in [0.2, 0.25) is 5.91 Å². The van der Waals surface area contributed by atoms with E-state index in [4.69, 9.17) is 35.3 Å². The minimum absolute atomic E-state index is 0.369. The van der Waals surface area contributed by atoms with Gasteiger partial charge in [0.05, 0.1) is 6.04 Å². The Kier molecular flexibility index (Phi) is 14.0. The number of alkyl halides is 3. The average Bonchev–Trinajstić information content (AvgIpc) is 2.52. The molecule has 0 heterocycles. The first-order chi connectivity index (χ1) is 12.3. The maximum absolute atomic E-state index is 11.7. The van der Waals surface area contributed by atoms with Crippen LogP contribution in [0, 0.1) is 0 Å². The molecular weight excluding hydrogens is 397 g/mol. The second-order valence-corrected chi connectivity index (χ2v) is 6.91. The Morgan fingerprint density at radius 3 is 1.74 bits per heavy atom. The van der Waals surface area contributed by atoms with E-state index >= 15 is 0 Å². The van der Waals surface area contributed by atoms with Crippen molar-refractivity contribution in [3.8, 4) is 0 Å². The minimum Gasteiger partial charge on any atom is -0.480 e. The normalized spacial score (nSPS) is 13.9. The van der Waals surface area contributed by atoms with Gasteiger partial charge in [-0.1, -0.05) is 6.42 Å². The molecule has 0 saturated heterocycles. The van der Waals surface area contributed by atoms with Crippen molar-refractivity contribution in [2.24, 2.45) is 17.2 Å². The summed E-state index contributed by atoms with van der Waals surface area (Å²) in [6.45, 7) is 1.07. The molecule has 14 heteroatoms. The summed E-state index contributed by atoms with van der Waals surface area (Å²) in [5.74, 6) is -1.46. The maximum Gasteiger partial charge on any atom is 0.522 e. The average molecular weight is 424 g/mol. The number of rotatable bonds is 11. The van der Waals surface area contributed by atoms with Crippen molar-refractivity contribution in [1.29, 1.82) is 0 Å². The molecule has 9 N–H and O–H groups in total. The molecule has 2 atom stereocenters. The van der Waals surface area contributed by atoms with Gasteiger partial charge in [0.15, 0.2) is 0 Å². The lowest BCUT2D eigenvalue weighted by molar-refractivity contribution is -0.142. The van der Waals surface area contributed by atoms with E-state index < -0.39 is 39.6 Å². The van der Waals surface area contributed by atoms with Crippen LogP contribution >= 0.6 is 0 Å². The van der Waals surface area contributed by atoms with Gasteiger partial charge < -0.3 is 27.6 Å². The van der Waals surface area contributed by atoms with Crippen LogP contribution in [0.3, 0.4) is 0 Å². The molecule has 0 fully saturated rings. The first-order valence-electron chi connectivity index (χ1n) is 8.00. The number of carbonyl (C=O) groups excluding carboxylic acids is 1.